The Morgan fingerprint density at radius 2 is 1.88 bits per heavy atom. The molecule has 0 spiro atoms. The lowest BCUT2D eigenvalue weighted by Crippen LogP contribution is -2.48. The average Bonchev–Trinajstić information content (AvgIpc) is 3.16. The van der Waals surface area contributed by atoms with Crippen LogP contribution in [-0.4, -0.2) is 35.8 Å². The SMILES string of the molecule is O=C(CCCc1cccs1)NC1CCN(C(=O)C2CCCCC2)CC1. The highest BCUT2D eigenvalue weighted by atomic mass is 32.1. The number of carbonyl (C=O) groups is 2. The van der Waals surface area contributed by atoms with E-state index < -0.39 is 0 Å². The molecular formula is C20H30N2O2S. The van der Waals surface area contributed by atoms with E-state index in [1.807, 2.05) is 4.90 Å². The molecule has 1 aromatic heterocycles. The van der Waals surface area contributed by atoms with E-state index in [1.165, 1.54) is 24.1 Å². The quantitative estimate of drug-likeness (QED) is 0.838. The molecule has 2 heterocycles. The third-order valence-electron chi connectivity index (χ3n) is 5.53. The smallest absolute Gasteiger partial charge is 0.225 e. The molecule has 1 saturated heterocycles. The summed E-state index contributed by atoms with van der Waals surface area (Å²) in [7, 11) is 0. The van der Waals surface area contributed by atoms with Crippen LogP contribution < -0.4 is 5.32 Å². The number of piperidine rings is 1. The molecule has 2 amide bonds. The number of nitrogens with zero attached hydrogens (tertiary/aromatic N) is 1. The van der Waals surface area contributed by atoms with Crippen molar-refractivity contribution in [3.05, 3.63) is 22.4 Å². The topological polar surface area (TPSA) is 49.4 Å². The summed E-state index contributed by atoms with van der Waals surface area (Å²) in [6.07, 6.45) is 10.1. The summed E-state index contributed by atoms with van der Waals surface area (Å²) in [5.41, 5.74) is 0. The molecule has 138 valence electrons. The highest BCUT2D eigenvalue weighted by Crippen LogP contribution is 2.26. The van der Waals surface area contributed by atoms with E-state index in [0.717, 1.165) is 51.6 Å². The van der Waals surface area contributed by atoms with Crippen LogP contribution in [0.5, 0.6) is 0 Å². The molecular weight excluding hydrogens is 332 g/mol. The van der Waals surface area contributed by atoms with Crippen LogP contribution >= 0.6 is 11.3 Å². The van der Waals surface area contributed by atoms with E-state index in [0.29, 0.717) is 12.3 Å². The fraction of sp³-hybridized carbons (Fsp3) is 0.700. The van der Waals surface area contributed by atoms with Gasteiger partial charge in [0.05, 0.1) is 0 Å². The van der Waals surface area contributed by atoms with Gasteiger partial charge in [-0.05, 0) is 50.0 Å². The van der Waals surface area contributed by atoms with Gasteiger partial charge < -0.3 is 10.2 Å². The molecule has 0 aromatic carbocycles. The fourth-order valence-electron chi connectivity index (χ4n) is 4.03. The van der Waals surface area contributed by atoms with E-state index in [-0.39, 0.29) is 17.9 Å². The first-order valence-electron chi connectivity index (χ1n) is 9.83. The Morgan fingerprint density at radius 3 is 2.56 bits per heavy atom. The molecule has 1 aromatic rings. The second kappa shape index (κ2) is 9.37. The minimum absolute atomic E-state index is 0.161. The molecule has 0 bridgehead atoms. The molecule has 3 rings (SSSR count). The van der Waals surface area contributed by atoms with Crippen molar-refractivity contribution < 1.29 is 9.59 Å². The maximum absolute atomic E-state index is 12.6. The van der Waals surface area contributed by atoms with Crippen molar-refractivity contribution in [2.45, 2.75) is 70.3 Å². The van der Waals surface area contributed by atoms with Crippen LogP contribution in [-0.2, 0) is 16.0 Å². The zero-order chi connectivity index (χ0) is 17.5. The summed E-state index contributed by atoms with van der Waals surface area (Å²) in [5.74, 6) is 0.784. The van der Waals surface area contributed by atoms with Gasteiger partial charge in [-0.25, -0.2) is 0 Å². The summed E-state index contributed by atoms with van der Waals surface area (Å²) in [6.45, 7) is 1.60. The second-order valence-corrected chi connectivity index (χ2v) is 8.47. The van der Waals surface area contributed by atoms with Crippen molar-refractivity contribution in [3.63, 3.8) is 0 Å². The third kappa shape index (κ3) is 5.56. The predicted molar refractivity (Wildman–Crippen MR) is 102 cm³/mol. The molecule has 1 saturated carbocycles. The number of amides is 2. The molecule has 0 atom stereocenters. The molecule has 1 N–H and O–H groups in total. The van der Waals surface area contributed by atoms with Crippen molar-refractivity contribution in [2.24, 2.45) is 5.92 Å². The average molecular weight is 363 g/mol. The van der Waals surface area contributed by atoms with Crippen LogP contribution in [0, 0.1) is 5.92 Å². The first-order chi connectivity index (χ1) is 12.2. The number of thiophene rings is 1. The Hall–Kier alpha value is -1.36. The van der Waals surface area contributed by atoms with Crippen LogP contribution in [0.4, 0.5) is 0 Å². The Morgan fingerprint density at radius 1 is 1.12 bits per heavy atom. The summed E-state index contributed by atoms with van der Waals surface area (Å²) < 4.78 is 0. The monoisotopic (exact) mass is 362 g/mol. The van der Waals surface area contributed by atoms with Crippen LogP contribution in [0.3, 0.4) is 0 Å². The van der Waals surface area contributed by atoms with Crippen LogP contribution in [0.25, 0.3) is 0 Å². The zero-order valence-corrected chi connectivity index (χ0v) is 15.9. The highest BCUT2D eigenvalue weighted by Gasteiger charge is 2.29. The Bertz CT molecular complexity index is 544. The lowest BCUT2D eigenvalue weighted by Gasteiger charge is -2.35. The van der Waals surface area contributed by atoms with Gasteiger partial charge in [0.15, 0.2) is 0 Å². The maximum Gasteiger partial charge on any atom is 0.225 e. The Kier molecular flexibility index (Phi) is 6.91. The molecule has 25 heavy (non-hydrogen) atoms. The standard InChI is InChI=1S/C20H30N2O2S/c23-19(10-4-8-18-9-5-15-25-18)21-17-11-13-22(14-12-17)20(24)16-6-2-1-3-7-16/h5,9,15-17H,1-4,6-8,10-14H2,(H,21,23). The molecule has 0 radical (unpaired) electrons. The van der Waals surface area contributed by atoms with Crippen molar-refractivity contribution in [1.82, 2.24) is 10.2 Å². The first kappa shape index (κ1) is 18.4. The van der Waals surface area contributed by atoms with Gasteiger partial charge >= 0.3 is 0 Å². The van der Waals surface area contributed by atoms with Gasteiger partial charge in [0.1, 0.15) is 0 Å². The van der Waals surface area contributed by atoms with Crippen molar-refractivity contribution >= 4 is 23.2 Å². The van der Waals surface area contributed by atoms with Crippen molar-refractivity contribution in [2.75, 3.05) is 13.1 Å². The lowest BCUT2D eigenvalue weighted by molar-refractivity contribution is -0.137. The Balaban J connectivity index is 1.33. The van der Waals surface area contributed by atoms with E-state index in [1.54, 1.807) is 11.3 Å². The second-order valence-electron chi connectivity index (χ2n) is 7.43. The minimum atomic E-state index is 0.161. The van der Waals surface area contributed by atoms with Crippen LogP contribution in [0.2, 0.25) is 0 Å². The molecule has 2 aliphatic rings. The highest BCUT2D eigenvalue weighted by molar-refractivity contribution is 7.09. The van der Waals surface area contributed by atoms with Gasteiger partial charge in [-0.3, -0.25) is 9.59 Å². The van der Waals surface area contributed by atoms with Crippen LogP contribution in [0.15, 0.2) is 17.5 Å². The molecule has 0 unspecified atom stereocenters. The van der Waals surface area contributed by atoms with Crippen molar-refractivity contribution in [3.8, 4) is 0 Å². The minimum Gasteiger partial charge on any atom is -0.353 e. The van der Waals surface area contributed by atoms with Crippen LogP contribution in [0.1, 0.15) is 62.7 Å². The number of carbonyl (C=O) groups excluding carboxylic acids is 2. The summed E-state index contributed by atoms with van der Waals surface area (Å²) in [5, 5.41) is 5.25. The van der Waals surface area contributed by atoms with E-state index in [9.17, 15) is 9.59 Å². The van der Waals surface area contributed by atoms with E-state index >= 15 is 0 Å². The zero-order valence-electron chi connectivity index (χ0n) is 15.0. The van der Waals surface area contributed by atoms with Crippen molar-refractivity contribution in [1.29, 1.82) is 0 Å². The number of hydrogen-bond acceptors (Lipinski definition) is 3. The largest absolute Gasteiger partial charge is 0.353 e. The number of aryl methyl sites for hydroxylation is 1. The normalized spacial score (nSPS) is 19.8. The van der Waals surface area contributed by atoms with Gasteiger partial charge in [-0.1, -0.05) is 25.3 Å². The summed E-state index contributed by atoms with van der Waals surface area (Å²) in [6, 6.07) is 4.43. The van der Waals surface area contributed by atoms with E-state index in [4.69, 9.17) is 0 Å². The van der Waals surface area contributed by atoms with Gasteiger partial charge in [-0.15, -0.1) is 11.3 Å². The third-order valence-corrected chi connectivity index (χ3v) is 6.47. The maximum atomic E-state index is 12.6. The molecule has 4 nitrogen and oxygen atoms in total. The van der Waals surface area contributed by atoms with Gasteiger partial charge in [-0.2, -0.15) is 0 Å². The van der Waals surface area contributed by atoms with Gasteiger partial charge in [0.25, 0.3) is 0 Å². The molecule has 1 aliphatic heterocycles. The first-order valence-corrected chi connectivity index (χ1v) is 10.7. The fourth-order valence-corrected chi connectivity index (χ4v) is 4.78. The van der Waals surface area contributed by atoms with Gasteiger partial charge in [0, 0.05) is 36.3 Å². The lowest BCUT2D eigenvalue weighted by atomic mass is 9.87. The molecule has 2 fully saturated rings. The number of nitrogens with one attached hydrogen (secondary N) is 1. The number of hydrogen-bond donors (Lipinski definition) is 1. The number of likely N-dealkylation sites (tertiary alicyclic amines) is 1. The molecule has 1 aliphatic carbocycles. The molecule has 5 heteroatoms. The Labute approximate surface area is 155 Å². The summed E-state index contributed by atoms with van der Waals surface area (Å²) in [4.78, 5) is 28.1. The summed E-state index contributed by atoms with van der Waals surface area (Å²) >= 11 is 1.76. The van der Waals surface area contributed by atoms with E-state index in [2.05, 4.69) is 22.8 Å². The van der Waals surface area contributed by atoms with Gasteiger partial charge in [0.2, 0.25) is 11.8 Å². The number of rotatable bonds is 6. The predicted octanol–water partition coefficient (Wildman–Crippen LogP) is 3.76.